The fraction of sp³-hybridized carbons (Fsp3) is 0.571. The highest BCUT2D eigenvalue weighted by atomic mass is 32.2. The van der Waals surface area contributed by atoms with Crippen molar-refractivity contribution < 1.29 is 8.42 Å². The maximum atomic E-state index is 12.3. The maximum Gasteiger partial charge on any atom is 0.240 e. The summed E-state index contributed by atoms with van der Waals surface area (Å²) in [5.74, 6) is 0. The number of hydrogen-bond acceptors (Lipinski definition) is 4. The Morgan fingerprint density at radius 3 is 2.55 bits per heavy atom. The van der Waals surface area contributed by atoms with Crippen molar-refractivity contribution in [1.29, 1.82) is 0 Å². The molecule has 5 nitrogen and oxygen atoms in total. The number of likely N-dealkylation sites (tertiary alicyclic amines) is 1. The minimum Gasteiger partial charge on any atom is -0.399 e. The normalized spacial score (nSPS) is 18.3. The molecule has 1 fully saturated rings. The Labute approximate surface area is 121 Å². The molecule has 0 radical (unpaired) electrons. The van der Waals surface area contributed by atoms with E-state index in [4.69, 9.17) is 5.73 Å². The number of nitrogens with one attached hydrogen (secondary N) is 1. The quantitative estimate of drug-likeness (QED) is 0.822. The van der Waals surface area contributed by atoms with Gasteiger partial charge in [0.25, 0.3) is 0 Å². The number of nitrogens with zero attached hydrogens (tertiary/aromatic N) is 1. The van der Waals surface area contributed by atoms with Gasteiger partial charge in [-0.1, -0.05) is 6.92 Å². The molecule has 1 aromatic rings. The summed E-state index contributed by atoms with van der Waals surface area (Å²) < 4.78 is 27.5. The molecule has 1 heterocycles. The lowest BCUT2D eigenvalue weighted by Gasteiger charge is -2.31. The summed E-state index contributed by atoms with van der Waals surface area (Å²) in [7, 11) is -3.45. The van der Waals surface area contributed by atoms with Crippen LogP contribution >= 0.6 is 0 Å². The Morgan fingerprint density at radius 1 is 1.35 bits per heavy atom. The van der Waals surface area contributed by atoms with Crippen LogP contribution in [0.5, 0.6) is 0 Å². The van der Waals surface area contributed by atoms with Crippen molar-refractivity contribution in [3.8, 4) is 0 Å². The zero-order chi connectivity index (χ0) is 14.8. The van der Waals surface area contributed by atoms with Crippen LogP contribution in [0.4, 0.5) is 5.69 Å². The summed E-state index contributed by atoms with van der Waals surface area (Å²) in [4.78, 5) is 2.63. The number of benzene rings is 1. The van der Waals surface area contributed by atoms with Crippen LogP contribution in [0.15, 0.2) is 23.1 Å². The molecule has 6 heteroatoms. The molecule has 0 atom stereocenters. The number of nitrogen functional groups attached to an aromatic ring is 1. The third kappa shape index (κ3) is 3.50. The Bertz CT molecular complexity index is 564. The molecule has 3 N–H and O–H groups in total. The van der Waals surface area contributed by atoms with Gasteiger partial charge in [-0.25, -0.2) is 13.1 Å². The highest BCUT2D eigenvalue weighted by Crippen LogP contribution is 2.19. The molecule has 0 amide bonds. The predicted molar refractivity (Wildman–Crippen MR) is 81.0 cm³/mol. The van der Waals surface area contributed by atoms with Gasteiger partial charge in [-0.05, 0) is 63.2 Å². The zero-order valence-corrected chi connectivity index (χ0v) is 12.9. The maximum absolute atomic E-state index is 12.3. The van der Waals surface area contributed by atoms with Crippen molar-refractivity contribution in [1.82, 2.24) is 9.62 Å². The topological polar surface area (TPSA) is 75.4 Å². The molecular formula is C14H23N3O2S. The Kier molecular flexibility index (Phi) is 4.67. The van der Waals surface area contributed by atoms with Gasteiger partial charge >= 0.3 is 0 Å². The lowest BCUT2D eigenvalue weighted by molar-refractivity contribution is 0.217. The molecule has 0 bridgehead atoms. The monoisotopic (exact) mass is 297 g/mol. The van der Waals surface area contributed by atoms with Gasteiger partial charge in [0, 0.05) is 11.7 Å². The molecule has 1 aromatic carbocycles. The van der Waals surface area contributed by atoms with E-state index in [0.717, 1.165) is 38.0 Å². The van der Waals surface area contributed by atoms with Crippen LogP contribution in [0.1, 0.15) is 25.3 Å². The number of rotatable bonds is 4. The van der Waals surface area contributed by atoms with Crippen LogP contribution in [-0.2, 0) is 10.0 Å². The van der Waals surface area contributed by atoms with Crippen molar-refractivity contribution >= 4 is 15.7 Å². The molecule has 1 aliphatic heterocycles. The van der Waals surface area contributed by atoms with E-state index in [1.807, 2.05) is 6.92 Å². The van der Waals surface area contributed by atoms with Gasteiger partial charge < -0.3 is 10.6 Å². The summed E-state index contributed by atoms with van der Waals surface area (Å²) in [6, 6.07) is 4.86. The Morgan fingerprint density at radius 2 is 2.00 bits per heavy atom. The first kappa shape index (κ1) is 15.3. The SMILES string of the molecule is CCN1CCC(NS(=O)(=O)c2ccc(N)c(C)c2)CC1. The molecule has 112 valence electrons. The Hall–Kier alpha value is -1.11. The molecular weight excluding hydrogens is 274 g/mol. The number of sulfonamides is 1. The standard InChI is InChI=1S/C14H23N3O2S/c1-3-17-8-6-12(7-9-17)16-20(18,19)13-4-5-14(15)11(2)10-13/h4-5,10,12,16H,3,6-9,15H2,1-2H3. The molecule has 0 saturated carbocycles. The first-order valence-corrected chi connectivity index (χ1v) is 8.51. The average Bonchev–Trinajstić information content (AvgIpc) is 2.42. The first-order valence-electron chi connectivity index (χ1n) is 7.03. The second-order valence-corrected chi connectivity index (χ2v) is 7.06. The molecule has 2 rings (SSSR count). The van der Waals surface area contributed by atoms with Gasteiger partial charge in [0.05, 0.1) is 4.90 Å². The van der Waals surface area contributed by atoms with Crippen molar-refractivity contribution in [3.63, 3.8) is 0 Å². The fourth-order valence-corrected chi connectivity index (χ4v) is 3.86. The van der Waals surface area contributed by atoms with Crippen molar-refractivity contribution in [2.75, 3.05) is 25.4 Å². The van der Waals surface area contributed by atoms with E-state index in [1.54, 1.807) is 18.2 Å². The lowest BCUT2D eigenvalue weighted by Crippen LogP contribution is -2.44. The van der Waals surface area contributed by atoms with Gasteiger partial charge in [0.1, 0.15) is 0 Å². The average molecular weight is 297 g/mol. The summed E-state index contributed by atoms with van der Waals surface area (Å²) in [6.45, 7) is 6.86. The van der Waals surface area contributed by atoms with Crippen LogP contribution in [0.2, 0.25) is 0 Å². The molecule has 0 aliphatic carbocycles. The van der Waals surface area contributed by atoms with Crippen LogP contribution < -0.4 is 10.5 Å². The summed E-state index contributed by atoms with van der Waals surface area (Å²) in [6.07, 6.45) is 1.72. The van der Waals surface area contributed by atoms with E-state index >= 15 is 0 Å². The number of piperidine rings is 1. The lowest BCUT2D eigenvalue weighted by atomic mass is 10.1. The zero-order valence-electron chi connectivity index (χ0n) is 12.1. The second kappa shape index (κ2) is 6.11. The van der Waals surface area contributed by atoms with Crippen molar-refractivity contribution in [2.45, 2.75) is 37.6 Å². The smallest absolute Gasteiger partial charge is 0.240 e. The third-order valence-corrected chi connectivity index (χ3v) is 5.43. The third-order valence-electron chi connectivity index (χ3n) is 3.91. The van der Waals surface area contributed by atoms with Crippen molar-refractivity contribution in [3.05, 3.63) is 23.8 Å². The minimum atomic E-state index is -3.45. The highest BCUT2D eigenvalue weighted by molar-refractivity contribution is 7.89. The van der Waals surface area contributed by atoms with E-state index in [2.05, 4.69) is 16.5 Å². The molecule has 0 unspecified atom stereocenters. The van der Waals surface area contributed by atoms with Gasteiger partial charge in [-0.3, -0.25) is 0 Å². The fourth-order valence-electron chi connectivity index (χ4n) is 2.47. The highest BCUT2D eigenvalue weighted by Gasteiger charge is 2.24. The number of anilines is 1. The van der Waals surface area contributed by atoms with E-state index < -0.39 is 10.0 Å². The number of aryl methyl sites for hydroxylation is 1. The second-order valence-electron chi connectivity index (χ2n) is 5.35. The molecule has 1 saturated heterocycles. The van der Waals surface area contributed by atoms with E-state index in [9.17, 15) is 8.42 Å². The van der Waals surface area contributed by atoms with Gasteiger partial charge in [-0.15, -0.1) is 0 Å². The molecule has 0 spiro atoms. The van der Waals surface area contributed by atoms with Crippen molar-refractivity contribution in [2.24, 2.45) is 0 Å². The van der Waals surface area contributed by atoms with Gasteiger partial charge in [0.15, 0.2) is 0 Å². The van der Waals surface area contributed by atoms with Crippen LogP contribution in [0, 0.1) is 6.92 Å². The van der Waals surface area contributed by atoms with Crippen LogP contribution in [0.3, 0.4) is 0 Å². The molecule has 1 aliphatic rings. The van der Waals surface area contributed by atoms with Gasteiger partial charge in [0.2, 0.25) is 10.0 Å². The van der Waals surface area contributed by atoms with Gasteiger partial charge in [-0.2, -0.15) is 0 Å². The largest absolute Gasteiger partial charge is 0.399 e. The predicted octanol–water partition coefficient (Wildman–Crippen LogP) is 1.34. The summed E-state index contributed by atoms with van der Waals surface area (Å²) in [5.41, 5.74) is 7.12. The minimum absolute atomic E-state index is 0.0284. The number of nitrogens with two attached hydrogens (primary N) is 1. The summed E-state index contributed by atoms with van der Waals surface area (Å²) >= 11 is 0. The van der Waals surface area contributed by atoms with E-state index in [-0.39, 0.29) is 6.04 Å². The summed E-state index contributed by atoms with van der Waals surface area (Å²) in [5, 5.41) is 0. The van der Waals surface area contributed by atoms with E-state index in [1.165, 1.54) is 0 Å². The Balaban J connectivity index is 2.06. The van der Waals surface area contributed by atoms with E-state index in [0.29, 0.717) is 10.6 Å². The number of hydrogen-bond donors (Lipinski definition) is 2. The molecule has 0 aromatic heterocycles. The molecule has 20 heavy (non-hydrogen) atoms. The van der Waals surface area contributed by atoms with Crippen LogP contribution in [-0.4, -0.2) is 39.0 Å². The first-order chi connectivity index (χ1) is 9.42. The van der Waals surface area contributed by atoms with Crippen LogP contribution in [0.25, 0.3) is 0 Å².